The van der Waals surface area contributed by atoms with Gasteiger partial charge in [0.1, 0.15) is 0 Å². The van der Waals surface area contributed by atoms with E-state index in [4.69, 9.17) is 0 Å². The van der Waals surface area contributed by atoms with E-state index in [0.717, 1.165) is 26.8 Å². The molecular weight excluding hydrogens is 298 g/mol. The van der Waals surface area contributed by atoms with Crippen LogP contribution in [0, 0.1) is 6.92 Å². The highest BCUT2D eigenvalue weighted by Crippen LogP contribution is 2.46. The molecule has 23 heavy (non-hydrogen) atoms. The van der Waals surface area contributed by atoms with Crippen LogP contribution in [0.2, 0.25) is 0 Å². The lowest BCUT2D eigenvalue weighted by Gasteiger charge is -2.27. The lowest BCUT2D eigenvalue weighted by molar-refractivity contribution is 1.36. The molecular formula is C21H19NS. The first-order chi connectivity index (χ1) is 11.1. The minimum atomic E-state index is 0.913. The number of anilines is 1. The summed E-state index contributed by atoms with van der Waals surface area (Å²) in [5.74, 6) is 0. The van der Waals surface area contributed by atoms with Gasteiger partial charge in [-0.05, 0) is 48.6 Å². The number of fused-ring (bicyclic) bond motifs is 1. The van der Waals surface area contributed by atoms with Crippen LogP contribution < -0.4 is 5.32 Å². The number of rotatable bonds is 3. The molecule has 0 saturated carbocycles. The Hall–Kier alpha value is -2.41. The van der Waals surface area contributed by atoms with Gasteiger partial charge in [-0.15, -0.1) is 5.73 Å². The van der Waals surface area contributed by atoms with E-state index in [1.54, 1.807) is 11.8 Å². The van der Waals surface area contributed by atoms with Crippen LogP contribution in [-0.4, -0.2) is 0 Å². The minimum Gasteiger partial charge on any atom is -0.355 e. The van der Waals surface area contributed by atoms with Crippen LogP contribution >= 0.6 is 11.8 Å². The van der Waals surface area contributed by atoms with E-state index < -0.39 is 0 Å². The van der Waals surface area contributed by atoms with Gasteiger partial charge in [-0.3, -0.25) is 0 Å². The molecule has 1 heterocycles. The van der Waals surface area contributed by atoms with Crippen LogP contribution in [0.15, 0.2) is 88.5 Å². The Balaban J connectivity index is 2.29. The van der Waals surface area contributed by atoms with Gasteiger partial charge in [0.05, 0.1) is 0 Å². The molecule has 1 N–H and O–H groups in total. The number of thioether (sulfide) groups is 1. The van der Waals surface area contributed by atoms with Gasteiger partial charge in [-0.25, -0.2) is 0 Å². The maximum atomic E-state index is 4.22. The Morgan fingerprint density at radius 1 is 1.26 bits per heavy atom. The second kappa shape index (κ2) is 6.37. The Bertz CT molecular complexity index is 856. The monoisotopic (exact) mass is 317 g/mol. The summed E-state index contributed by atoms with van der Waals surface area (Å²) in [6.45, 7) is 12.4. The number of nitrogens with one attached hydrogen (secondary N) is 1. The zero-order chi connectivity index (χ0) is 16.4. The third-order valence-electron chi connectivity index (χ3n) is 3.61. The summed E-state index contributed by atoms with van der Waals surface area (Å²) in [5, 5.41) is 3.43. The maximum Gasteiger partial charge on any atom is 0.0464 e. The van der Waals surface area contributed by atoms with Crippen LogP contribution in [0.5, 0.6) is 0 Å². The first kappa shape index (κ1) is 15.5. The predicted octanol–water partition coefficient (Wildman–Crippen LogP) is 6.12. The summed E-state index contributed by atoms with van der Waals surface area (Å²) in [4.78, 5) is 2.16. The first-order valence-corrected chi connectivity index (χ1v) is 8.32. The molecule has 0 atom stereocenters. The molecule has 0 radical (unpaired) electrons. The van der Waals surface area contributed by atoms with E-state index in [0.29, 0.717) is 0 Å². The summed E-state index contributed by atoms with van der Waals surface area (Å²) in [6, 6.07) is 6.45. The lowest BCUT2D eigenvalue weighted by Crippen LogP contribution is -2.11. The molecule has 1 aromatic rings. The summed E-state index contributed by atoms with van der Waals surface area (Å²) >= 11 is 1.66. The standard InChI is InChI=1S/C21H19NS/c1-14(2)23-21-16(4)22-19-12-11-15(3)13-18(19)20(21)17-9-7-5-6-8-10-17/h5-7,9-13,22H,1,4H2,2-3H3. The molecule has 1 nitrogen and oxygen atoms in total. The fourth-order valence-corrected chi connectivity index (χ4v) is 3.50. The van der Waals surface area contributed by atoms with Gasteiger partial charge in [0.25, 0.3) is 0 Å². The molecule has 2 aliphatic rings. The quantitative estimate of drug-likeness (QED) is 0.674. The van der Waals surface area contributed by atoms with Crippen LogP contribution in [0.25, 0.3) is 5.57 Å². The molecule has 0 unspecified atom stereocenters. The van der Waals surface area contributed by atoms with Crippen molar-refractivity contribution in [2.75, 3.05) is 5.32 Å². The van der Waals surface area contributed by atoms with Crippen molar-refractivity contribution in [1.29, 1.82) is 0 Å². The third-order valence-corrected chi connectivity index (χ3v) is 4.62. The molecule has 0 aromatic heterocycles. The van der Waals surface area contributed by atoms with Crippen molar-refractivity contribution >= 4 is 23.0 Å². The van der Waals surface area contributed by atoms with Gasteiger partial charge in [0.2, 0.25) is 0 Å². The molecule has 114 valence electrons. The zero-order valence-corrected chi connectivity index (χ0v) is 14.3. The first-order valence-electron chi connectivity index (χ1n) is 7.51. The topological polar surface area (TPSA) is 12.0 Å². The Kier molecular flexibility index (Phi) is 4.29. The lowest BCUT2D eigenvalue weighted by atomic mass is 9.91. The van der Waals surface area contributed by atoms with Crippen molar-refractivity contribution in [1.82, 2.24) is 0 Å². The summed E-state index contributed by atoms with van der Waals surface area (Å²) in [7, 11) is 0. The Morgan fingerprint density at radius 2 is 2.09 bits per heavy atom. The number of hydrogen-bond acceptors (Lipinski definition) is 2. The SMILES string of the molecule is C=C(C)SC1=C(C2=CC=CC=C=C2)c2cc(C)ccc2NC1=C. The highest BCUT2D eigenvalue weighted by Gasteiger charge is 2.24. The fourth-order valence-electron chi connectivity index (χ4n) is 2.65. The average Bonchev–Trinajstić information content (AvgIpc) is 2.77. The van der Waals surface area contributed by atoms with Crippen molar-refractivity contribution < 1.29 is 0 Å². The van der Waals surface area contributed by atoms with E-state index in [9.17, 15) is 0 Å². The highest BCUT2D eigenvalue weighted by atomic mass is 32.2. The van der Waals surface area contributed by atoms with Crippen molar-refractivity contribution in [3.8, 4) is 0 Å². The molecule has 0 amide bonds. The van der Waals surface area contributed by atoms with Crippen LogP contribution in [0.3, 0.4) is 0 Å². The number of benzene rings is 1. The zero-order valence-electron chi connectivity index (χ0n) is 13.4. The Morgan fingerprint density at radius 3 is 2.87 bits per heavy atom. The molecule has 0 fully saturated rings. The van der Waals surface area contributed by atoms with Crippen molar-refractivity contribution in [2.24, 2.45) is 0 Å². The number of hydrogen-bond donors (Lipinski definition) is 1. The molecule has 1 aliphatic carbocycles. The van der Waals surface area contributed by atoms with Gasteiger partial charge in [0.15, 0.2) is 0 Å². The summed E-state index contributed by atoms with van der Waals surface area (Å²) in [6.07, 6.45) is 10.1. The van der Waals surface area contributed by atoms with E-state index in [-0.39, 0.29) is 0 Å². The van der Waals surface area contributed by atoms with Gasteiger partial charge in [-0.1, -0.05) is 54.8 Å². The largest absolute Gasteiger partial charge is 0.355 e. The van der Waals surface area contributed by atoms with Crippen molar-refractivity contribution in [2.45, 2.75) is 13.8 Å². The normalized spacial score (nSPS) is 15.9. The minimum absolute atomic E-state index is 0.913. The molecule has 0 bridgehead atoms. The molecule has 1 aliphatic heterocycles. The summed E-state index contributed by atoms with van der Waals surface area (Å²) in [5.41, 5.74) is 9.96. The van der Waals surface area contributed by atoms with E-state index >= 15 is 0 Å². The van der Waals surface area contributed by atoms with Crippen molar-refractivity contribution in [3.05, 3.63) is 99.7 Å². The molecule has 3 rings (SSSR count). The Labute approximate surface area is 142 Å². The highest BCUT2D eigenvalue weighted by molar-refractivity contribution is 8.07. The van der Waals surface area contributed by atoms with E-state index in [2.05, 4.69) is 55.4 Å². The van der Waals surface area contributed by atoms with E-state index in [1.807, 2.05) is 31.2 Å². The van der Waals surface area contributed by atoms with Crippen LogP contribution in [0.1, 0.15) is 18.1 Å². The molecule has 2 heteroatoms. The third kappa shape index (κ3) is 3.19. The molecule has 1 aromatic carbocycles. The van der Waals surface area contributed by atoms with Crippen LogP contribution in [0.4, 0.5) is 5.69 Å². The fraction of sp³-hybridized carbons (Fsp3) is 0.0952. The van der Waals surface area contributed by atoms with E-state index in [1.165, 1.54) is 16.7 Å². The van der Waals surface area contributed by atoms with Gasteiger partial charge in [0, 0.05) is 27.4 Å². The van der Waals surface area contributed by atoms with Crippen molar-refractivity contribution in [3.63, 3.8) is 0 Å². The van der Waals surface area contributed by atoms with Gasteiger partial charge in [-0.2, -0.15) is 0 Å². The number of aryl methyl sites for hydroxylation is 1. The van der Waals surface area contributed by atoms with Crippen LogP contribution in [-0.2, 0) is 0 Å². The average molecular weight is 317 g/mol. The number of allylic oxidation sites excluding steroid dienone is 7. The molecule has 0 spiro atoms. The maximum absolute atomic E-state index is 4.22. The predicted molar refractivity (Wildman–Crippen MR) is 103 cm³/mol. The molecule has 0 saturated heterocycles. The smallest absolute Gasteiger partial charge is 0.0464 e. The second-order valence-electron chi connectivity index (χ2n) is 5.65. The second-order valence-corrected chi connectivity index (χ2v) is 6.95. The van der Waals surface area contributed by atoms with Gasteiger partial charge >= 0.3 is 0 Å². The van der Waals surface area contributed by atoms with Gasteiger partial charge < -0.3 is 5.32 Å². The summed E-state index contributed by atoms with van der Waals surface area (Å²) < 4.78 is 0.